The van der Waals surface area contributed by atoms with Crippen LogP contribution in [0.4, 0.5) is 0 Å². The summed E-state index contributed by atoms with van der Waals surface area (Å²) >= 11 is 0. The Morgan fingerprint density at radius 1 is 0.714 bits per heavy atom. The molecule has 0 radical (unpaired) electrons. The molecule has 1 heterocycles. The maximum Gasteiger partial charge on any atom is 0.242 e. The van der Waals surface area contributed by atoms with Gasteiger partial charge in [-0.1, -0.05) is 110 Å². The van der Waals surface area contributed by atoms with Crippen LogP contribution in [-0.2, 0) is 31.8 Å². The third-order valence-corrected chi connectivity index (χ3v) is 9.20. The average molecular weight is 590 g/mol. The second-order valence-corrected chi connectivity index (χ2v) is 13.0. The number of carbonyl (C=O) groups is 2. The van der Waals surface area contributed by atoms with E-state index < -0.39 is 16.1 Å². The van der Waals surface area contributed by atoms with E-state index in [1.165, 1.54) is 35.3 Å². The first-order valence-corrected chi connectivity index (χ1v) is 16.7. The highest BCUT2D eigenvalue weighted by Gasteiger charge is 2.34. The van der Waals surface area contributed by atoms with Gasteiger partial charge in [0.2, 0.25) is 21.8 Å². The number of hydrogen-bond acceptors (Lipinski definition) is 4. The molecule has 0 spiro atoms. The molecule has 224 valence electrons. The molecule has 42 heavy (non-hydrogen) atoms. The van der Waals surface area contributed by atoms with E-state index in [0.29, 0.717) is 31.0 Å². The maximum absolute atomic E-state index is 12.6. The maximum atomic E-state index is 12.6. The molecule has 1 aliphatic carbocycles. The van der Waals surface area contributed by atoms with E-state index in [1.54, 1.807) is 24.3 Å². The molecule has 1 saturated carbocycles. The van der Waals surface area contributed by atoms with Crippen molar-refractivity contribution in [2.45, 2.75) is 63.2 Å². The summed E-state index contributed by atoms with van der Waals surface area (Å²) in [6.45, 7) is 0.837. The second kappa shape index (κ2) is 16.2. The Morgan fingerprint density at radius 3 is 1.83 bits per heavy atom. The molecule has 3 aromatic carbocycles. The van der Waals surface area contributed by atoms with Crippen molar-refractivity contribution in [1.29, 1.82) is 0 Å². The zero-order valence-electron chi connectivity index (χ0n) is 24.3. The van der Waals surface area contributed by atoms with E-state index in [9.17, 15) is 18.0 Å². The van der Waals surface area contributed by atoms with Crippen LogP contribution in [0.3, 0.4) is 0 Å². The number of sulfonamides is 1. The summed E-state index contributed by atoms with van der Waals surface area (Å²) in [5.41, 5.74) is 3.40. The molecule has 1 atom stereocenters. The molecule has 2 fully saturated rings. The lowest BCUT2D eigenvalue weighted by Crippen LogP contribution is -2.49. The number of carbonyl (C=O) groups excluding carboxylic acids is 2. The van der Waals surface area contributed by atoms with Gasteiger partial charge in [-0.05, 0) is 54.7 Å². The number of nitrogens with one attached hydrogen (secondary N) is 2. The molecule has 0 bridgehead atoms. The van der Waals surface area contributed by atoms with Gasteiger partial charge in [0.25, 0.3) is 0 Å². The molecule has 1 aliphatic heterocycles. The van der Waals surface area contributed by atoms with Crippen LogP contribution in [-0.4, -0.2) is 50.8 Å². The minimum atomic E-state index is -3.62. The minimum absolute atomic E-state index is 0.117. The fraction of sp³-hybridized carbons (Fsp3) is 0.412. The third kappa shape index (κ3) is 10.4. The van der Waals surface area contributed by atoms with Crippen LogP contribution in [0, 0.1) is 5.92 Å². The highest BCUT2D eigenvalue weighted by atomic mass is 32.2. The molecule has 3 aromatic rings. The predicted octanol–water partition coefficient (Wildman–Crippen LogP) is 5.07. The molecule has 0 aromatic heterocycles. The Hall–Kier alpha value is -3.49. The molecule has 1 unspecified atom stereocenters. The quantitative estimate of drug-likeness (QED) is 0.345. The fourth-order valence-corrected chi connectivity index (χ4v) is 6.71. The van der Waals surface area contributed by atoms with E-state index >= 15 is 0 Å². The first-order chi connectivity index (χ1) is 20.4. The largest absolute Gasteiger partial charge is 0.354 e. The van der Waals surface area contributed by atoms with Crippen molar-refractivity contribution in [1.82, 2.24) is 14.9 Å². The van der Waals surface area contributed by atoms with Crippen LogP contribution in [0.2, 0.25) is 0 Å². The number of nitrogens with zero attached hydrogens (tertiary/aromatic N) is 1. The van der Waals surface area contributed by atoms with Crippen LogP contribution >= 0.6 is 0 Å². The number of benzene rings is 3. The van der Waals surface area contributed by atoms with E-state index in [1.807, 2.05) is 6.07 Å². The van der Waals surface area contributed by atoms with Gasteiger partial charge in [-0.2, -0.15) is 0 Å². The van der Waals surface area contributed by atoms with Crippen LogP contribution < -0.4 is 10.0 Å². The zero-order chi connectivity index (χ0) is 29.6. The van der Waals surface area contributed by atoms with E-state index in [0.717, 1.165) is 25.7 Å². The predicted molar refractivity (Wildman–Crippen MR) is 167 cm³/mol. The summed E-state index contributed by atoms with van der Waals surface area (Å²) in [7, 11) is -3.62. The summed E-state index contributed by atoms with van der Waals surface area (Å²) in [6.07, 6.45) is 8.42. The average Bonchev–Trinajstić information content (AvgIpc) is 3.51. The van der Waals surface area contributed by atoms with Crippen molar-refractivity contribution < 1.29 is 18.0 Å². The molecule has 1 saturated heterocycles. The van der Waals surface area contributed by atoms with Crippen LogP contribution in [0.1, 0.15) is 61.6 Å². The summed E-state index contributed by atoms with van der Waals surface area (Å²) in [5.74, 6) is -0.111. The first-order valence-electron chi connectivity index (χ1n) is 15.1. The smallest absolute Gasteiger partial charge is 0.242 e. The normalized spacial score (nSPS) is 17.2. The molecule has 8 heteroatoms. The Labute approximate surface area is 250 Å². The standard InChI is InChI=1S/C21H31N3O4S.C13H12/c25-20(15-23-29(27,28)16-18-10-5-2-6-11-18)24-13-7-12-19(24)21(26)22-14-17-8-3-1-4-9-17;1-3-7-12(8-4-1)11-13-9-5-2-6-10-13/h2,5-6,10-11,17,19,23H,1,3-4,7-9,12-16H2,(H,22,26);1-10H,11H2. The molecule has 2 aliphatic rings. The molecule has 5 rings (SSSR count). The van der Waals surface area contributed by atoms with Gasteiger partial charge in [0.05, 0.1) is 12.3 Å². The van der Waals surface area contributed by atoms with Gasteiger partial charge >= 0.3 is 0 Å². The lowest BCUT2D eigenvalue weighted by molar-refractivity contribution is -0.137. The number of likely N-dealkylation sites (tertiary alicyclic amines) is 1. The van der Waals surface area contributed by atoms with Crippen LogP contribution in [0.25, 0.3) is 0 Å². The van der Waals surface area contributed by atoms with E-state index in [4.69, 9.17) is 0 Å². The van der Waals surface area contributed by atoms with Crippen molar-refractivity contribution in [3.63, 3.8) is 0 Å². The molecule has 2 N–H and O–H groups in total. The van der Waals surface area contributed by atoms with Gasteiger partial charge < -0.3 is 10.2 Å². The summed E-state index contributed by atoms with van der Waals surface area (Å²) in [5, 5.41) is 3.01. The highest BCUT2D eigenvalue weighted by Crippen LogP contribution is 2.23. The Bertz CT molecular complexity index is 1310. The number of rotatable bonds is 10. The first kappa shape index (κ1) is 31.4. The SMILES string of the molecule is O=C(NCC1CCCCC1)C1CCCN1C(=O)CNS(=O)(=O)Cc1ccccc1.c1ccc(Cc2ccccc2)cc1. The number of amides is 2. The van der Waals surface area contributed by atoms with Gasteiger partial charge in [0.1, 0.15) is 6.04 Å². The van der Waals surface area contributed by atoms with Crippen molar-refractivity contribution in [3.8, 4) is 0 Å². The Balaban J connectivity index is 0.000000258. The van der Waals surface area contributed by atoms with Crippen LogP contribution in [0.15, 0.2) is 91.0 Å². The topological polar surface area (TPSA) is 95.6 Å². The molecular weight excluding hydrogens is 546 g/mol. The molecule has 7 nitrogen and oxygen atoms in total. The van der Waals surface area contributed by atoms with Gasteiger partial charge in [-0.3, -0.25) is 9.59 Å². The van der Waals surface area contributed by atoms with Crippen molar-refractivity contribution >= 4 is 21.8 Å². The molecular formula is C34H43N3O4S. The van der Waals surface area contributed by atoms with Gasteiger partial charge in [-0.25, -0.2) is 13.1 Å². The Kier molecular flexibility index (Phi) is 12.1. The zero-order valence-corrected chi connectivity index (χ0v) is 25.1. The second-order valence-electron chi connectivity index (χ2n) is 11.2. The lowest BCUT2D eigenvalue weighted by atomic mass is 9.89. The van der Waals surface area contributed by atoms with Gasteiger partial charge in [0.15, 0.2) is 0 Å². The van der Waals surface area contributed by atoms with Crippen LogP contribution in [0.5, 0.6) is 0 Å². The van der Waals surface area contributed by atoms with Crippen molar-refractivity contribution in [2.24, 2.45) is 5.92 Å². The monoisotopic (exact) mass is 589 g/mol. The minimum Gasteiger partial charge on any atom is -0.354 e. The van der Waals surface area contributed by atoms with Crippen molar-refractivity contribution in [3.05, 3.63) is 108 Å². The lowest BCUT2D eigenvalue weighted by Gasteiger charge is -2.26. The van der Waals surface area contributed by atoms with E-state index in [2.05, 4.69) is 70.7 Å². The molecule has 2 amide bonds. The van der Waals surface area contributed by atoms with E-state index in [-0.39, 0.29) is 24.1 Å². The van der Waals surface area contributed by atoms with Gasteiger partial charge in [0, 0.05) is 13.1 Å². The third-order valence-electron chi connectivity index (χ3n) is 7.90. The van der Waals surface area contributed by atoms with Gasteiger partial charge in [-0.15, -0.1) is 0 Å². The van der Waals surface area contributed by atoms with Crippen molar-refractivity contribution in [2.75, 3.05) is 19.6 Å². The fourth-order valence-electron chi connectivity index (χ4n) is 5.64. The summed E-state index contributed by atoms with van der Waals surface area (Å²) in [6, 6.07) is 29.4. The Morgan fingerprint density at radius 2 is 1.26 bits per heavy atom. The number of hydrogen-bond donors (Lipinski definition) is 2. The summed E-state index contributed by atoms with van der Waals surface area (Å²) < 4.78 is 26.9. The highest BCUT2D eigenvalue weighted by molar-refractivity contribution is 7.88. The summed E-state index contributed by atoms with van der Waals surface area (Å²) in [4.78, 5) is 26.7.